The van der Waals surface area contributed by atoms with E-state index < -0.39 is 18.6 Å². The molecule has 1 N–H and O–H groups in total. The molecule has 9 heteroatoms. The van der Waals surface area contributed by atoms with E-state index >= 15 is 0 Å². The van der Waals surface area contributed by atoms with Crippen molar-refractivity contribution in [3.8, 4) is 5.75 Å². The number of benzene rings is 1. The average molecular weight is 434 g/mol. The second-order valence-electron chi connectivity index (χ2n) is 8.59. The maximum absolute atomic E-state index is 13.5. The number of carbonyl (C=O) groups excluding carboxylic acids is 1. The fraction of sp³-hybridized carbons (Fsp3) is 0.591. The van der Waals surface area contributed by atoms with Gasteiger partial charge in [0.05, 0.1) is 0 Å². The molecule has 2 aromatic rings. The highest BCUT2D eigenvalue weighted by Crippen LogP contribution is 2.35. The summed E-state index contributed by atoms with van der Waals surface area (Å²) in [5.41, 5.74) is 2.30. The Morgan fingerprint density at radius 2 is 1.97 bits per heavy atom. The van der Waals surface area contributed by atoms with Crippen molar-refractivity contribution in [2.24, 2.45) is 5.92 Å². The van der Waals surface area contributed by atoms with Crippen molar-refractivity contribution in [1.29, 1.82) is 0 Å². The number of fused-ring (bicyclic) bond motifs is 1. The van der Waals surface area contributed by atoms with Crippen LogP contribution in [0.5, 0.6) is 5.75 Å². The van der Waals surface area contributed by atoms with E-state index in [2.05, 4.69) is 15.4 Å². The van der Waals surface area contributed by atoms with Crippen LogP contribution in [0, 0.1) is 19.8 Å². The molecule has 1 aromatic carbocycles. The van der Waals surface area contributed by atoms with E-state index in [1.165, 1.54) is 16.6 Å². The Labute approximate surface area is 180 Å². The third kappa shape index (κ3) is 4.50. The fourth-order valence-corrected chi connectivity index (χ4v) is 4.52. The quantitative estimate of drug-likeness (QED) is 0.780. The number of carbonyl (C=O) groups is 1. The van der Waals surface area contributed by atoms with Gasteiger partial charge in [0.25, 0.3) is 12.3 Å². The van der Waals surface area contributed by atoms with E-state index in [1.807, 2.05) is 36.9 Å². The van der Waals surface area contributed by atoms with Gasteiger partial charge in [0.2, 0.25) is 5.95 Å². The van der Waals surface area contributed by atoms with Crippen molar-refractivity contribution in [1.82, 2.24) is 19.7 Å². The van der Waals surface area contributed by atoms with Crippen LogP contribution in [-0.2, 0) is 4.79 Å². The van der Waals surface area contributed by atoms with Crippen LogP contribution in [0.4, 0.5) is 14.7 Å². The minimum atomic E-state index is -2.49. The molecule has 3 heterocycles. The third-order valence-electron chi connectivity index (χ3n) is 6.55. The normalized spacial score (nSPS) is 22.7. The Morgan fingerprint density at radius 3 is 2.65 bits per heavy atom. The lowest BCUT2D eigenvalue weighted by Crippen LogP contribution is -2.48. The first-order valence-electron chi connectivity index (χ1n) is 10.8. The average Bonchev–Trinajstić information content (AvgIpc) is 3.23. The summed E-state index contributed by atoms with van der Waals surface area (Å²) in [4.78, 5) is 18.8. The number of alkyl halides is 2. The zero-order valence-corrected chi connectivity index (χ0v) is 18.1. The molecule has 1 unspecified atom stereocenters. The fourth-order valence-electron chi connectivity index (χ4n) is 4.52. The number of anilines is 1. The maximum Gasteiger partial charge on any atom is 0.263 e. The second kappa shape index (κ2) is 8.80. The van der Waals surface area contributed by atoms with E-state index in [0.717, 1.165) is 18.4 Å². The number of hydrogen-bond donors (Lipinski definition) is 1. The first-order valence-corrected chi connectivity index (χ1v) is 10.8. The summed E-state index contributed by atoms with van der Waals surface area (Å²) in [6.45, 7) is 7.00. The summed E-state index contributed by atoms with van der Waals surface area (Å²) in [6, 6.07) is 4.74. The van der Waals surface area contributed by atoms with Crippen LogP contribution >= 0.6 is 0 Å². The molecule has 0 spiro atoms. The van der Waals surface area contributed by atoms with E-state index in [-0.39, 0.29) is 17.9 Å². The predicted octanol–water partition coefficient (Wildman–Crippen LogP) is 3.59. The summed E-state index contributed by atoms with van der Waals surface area (Å²) < 4.78 is 34.2. The minimum Gasteiger partial charge on any atom is -0.481 e. The van der Waals surface area contributed by atoms with Crippen LogP contribution in [0.1, 0.15) is 43.4 Å². The Balaban J connectivity index is 1.33. The van der Waals surface area contributed by atoms with Gasteiger partial charge in [-0.15, -0.1) is 0 Å². The van der Waals surface area contributed by atoms with Crippen molar-refractivity contribution in [2.75, 3.05) is 18.4 Å². The second-order valence-corrected chi connectivity index (χ2v) is 8.59. The number of piperidine rings is 1. The van der Waals surface area contributed by atoms with Gasteiger partial charge in [-0.25, -0.2) is 13.5 Å². The van der Waals surface area contributed by atoms with Gasteiger partial charge < -0.3 is 15.0 Å². The lowest BCUT2D eigenvalue weighted by atomic mass is 9.85. The predicted molar refractivity (Wildman–Crippen MR) is 112 cm³/mol. The number of amides is 1. The number of aryl methyl sites for hydroxylation is 2. The molecule has 0 saturated carbocycles. The van der Waals surface area contributed by atoms with Crippen LogP contribution in [0.3, 0.4) is 0 Å². The van der Waals surface area contributed by atoms with Crippen molar-refractivity contribution < 1.29 is 18.3 Å². The first kappa shape index (κ1) is 21.5. The number of nitrogens with zero attached hydrogens (tertiary/aromatic N) is 4. The standard InChI is InChI=1S/C22H29F2N5O2/c1-13-4-5-17(10-14(13)2)31-15(3)21(30)28-8-6-16(7-9-28)18-11-19(20(23)24)29-22(27-18)25-12-26-29/h4-5,10,12,15-16,18-20H,6-9,11H2,1-3H3,(H,25,26,27)/t15?,18-,19+/m0/s1. The molecule has 2 aliphatic heterocycles. The molecule has 0 radical (unpaired) electrons. The largest absolute Gasteiger partial charge is 0.481 e. The number of halogens is 2. The van der Waals surface area contributed by atoms with Gasteiger partial charge in [0, 0.05) is 19.1 Å². The SMILES string of the molecule is Cc1ccc(OC(C)C(=O)N2CCC([C@@H]3C[C@H](C(F)F)n4ncnc4N3)CC2)cc1C. The summed E-state index contributed by atoms with van der Waals surface area (Å²) >= 11 is 0. The van der Waals surface area contributed by atoms with Crippen molar-refractivity contribution >= 4 is 11.9 Å². The van der Waals surface area contributed by atoms with Gasteiger partial charge in [0.15, 0.2) is 6.10 Å². The lowest BCUT2D eigenvalue weighted by Gasteiger charge is -2.40. The molecule has 3 atom stereocenters. The molecule has 168 valence electrons. The third-order valence-corrected chi connectivity index (χ3v) is 6.55. The molecule has 1 saturated heterocycles. The van der Waals surface area contributed by atoms with E-state index in [9.17, 15) is 13.6 Å². The number of nitrogens with one attached hydrogen (secondary N) is 1. The van der Waals surface area contributed by atoms with Gasteiger partial charge in [-0.1, -0.05) is 6.07 Å². The monoisotopic (exact) mass is 433 g/mol. The van der Waals surface area contributed by atoms with E-state index in [4.69, 9.17) is 4.74 Å². The Hall–Kier alpha value is -2.71. The molecule has 0 aliphatic carbocycles. The lowest BCUT2D eigenvalue weighted by molar-refractivity contribution is -0.139. The number of ether oxygens (including phenoxy) is 1. The molecule has 2 aliphatic rings. The molecule has 1 amide bonds. The topological polar surface area (TPSA) is 72.3 Å². The smallest absolute Gasteiger partial charge is 0.263 e. The van der Waals surface area contributed by atoms with Crippen LogP contribution in [0.15, 0.2) is 24.5 Å². The number of likely N-dealkylation sites (tertiary alicyclic amines) is 1. The number of aromatic nitrogens is 3. The highest BCUT2D eigenvalue weighted by Gasteiger charge is 2.39. The molecule has 31 heavy (non-hydrogen) atoms. The minimum absolute atomic E-state index is 0.0431. The van der Waals surface area contributed by atoms with Crippen molar-refractivity contribution in [3.63, 3.8) is 0 Å². The van der Waals surface area contributed by atoms with Gasteiger partial charge >= 0.3 is 0 Å². The van der Waals surface area contributed by atoms with Gasteiger partial charge in [0.1, 0.15) is 18.1 Å². The first-order chi connectivity index (χ1) is 14.8. The van der Waals surface area contributed by atoms with Crippen molar-refractivity contribution in [3.05, 3.63) is 35.7 Å². The molecule has 4 rings (SSSR count). The van der Waals surface area contributed by atoms with Crippen LogP contribution in [-0.4, -0.2) is 57.2 Å². The Bertz CT molecular complexity index is 926. The van der Waals surface area contributed by atoms with Gasteiger partial charge in [-0.2, -0.15) is 10.1 Å². The van der Waals surface area contributed by atoms with Gasteiger partial charge in [-0.05, 0) is 69.2 Å². The zero-order chi connectivity index (χ0) is 22.1. The Kier molecular flexibility index (Phi) is 6.11. The van der Waals surface area contributed by atoms with Crippen LogP contribution in [0.25, 0.3) is 0 Å². The number of hydrogen-bond acceptors (Lipinski definition) is 5. The number of rotatable bonds is 5. The van der Waals surface area contributed by atoms with Gasteiger partial charge in [-0.3, -0.25) is 4.79 Å². The molecule has 0 bridgehead atoms. The molecular formula is C22H29F2N5O2. The molecular weight excluding hydrogens is 404 g/mol. The summed E-state index contributed by atoms with van der Waals surface area (Å²) in [5, 5.41) is 7.20. The van der Waals surface area contributed by atoms with E-state index in [1.54, 1.807) is 6.92 Å². The summed E-state index contributed by atoms with van der Waals surface area (Å²) in [6.07, 6.45) is 0.0497. The molecule has 7 nitrogen and oxygen atoms in total. The van der Waals surface area contributed by atoms with Crippen LogP contribution < -0.4 is 10.1 Å². The summed E-state index contributed by atoms with van der Waals surface area (Å²) in [5.74, 6) is 1.24. The zero-order valence-electron chi connectivity index (χ0n) is 18.1. The van der Waals surface area contributed by atoms with Crippen LogP contribution in [0.2, 0.25) is 0 Å². The highest BCUT2D eigenvalue weighted by molar-refractivity contribution is 5.81. The van der Waals surface area contributed by atoms with Crippen molar-refractivity contribution in [2.45, 2.75) is 64.6 Å². The Morgan fingerprint density at radius 1 is 1.23 bits per heavy atom. The molecule has 1 fully saturated rings. The molecule has 1 aromatic heterocycles. The summed E-state index contributed by atoms with van der Waals surface area (Å²) in [7, 11) is 0. The highest BCUT2D eigenvalue weighted by atomic mass is 19.3. The maximum atomic E-state index is 13.5. The van der Waals surface area contributed by atoms with E-state index in [0.29, 0.717) is 31.2 Å².